The van der Waals surface area contributed by atoms with E-state index in [2.05, 4.69) is 5.32 Å². The summed E-state index contributed by atoms with van der Waals surface area (Å²) in [5, 5.41) is 2.74. The quantitative estimate of drug-likeness (QED) is 0.747. The van der Waals surface area contributed by atoms with Crippen molar-refractivity contribution in [2.24, 2.45) is 0 Å². The molecule has 0 fully saturated rings. The van der Waals surface area contributed by atoms with E-state index >= 15 is 0 Å². The Labute approximate surface area is 160 Å². The number of ether oxygens (including phenoxy) is 2. The van der Waals surface area contributed by atoms with E-state index in [9.17, 15) is 13.2 Å². The van der Waals surface area contributed by atoms with Crippen LogP contribution in [-0.2, 0) is 14.8 Å². The van der Waals surface area contributed by atoms with Crippen LogP contribution in [0.3, 0.4) is 0 Å². The van der Waals surface area contributed by atoms with E-state index in [-0.39, 0.29) is 0 Å². The number of carbonyl (C=O) groups is 1. The Hall–Kier alpha value is -2.74. The lowest BCUT2D eigenvalue weighted by Crippen LogP contribution is -2.45. The molecule has 0 aliphatic rings. The molecule has 2 aromatic rings. The fourth-order valence-corrected chi connectivity index (χ4v) is 3.79. The smallest absolute Gasteiger partial charge is 0.247 e. The van der Waals surface area contributed by atoms with Crippen molar-refractivity contribution in [2.75, 3.05) is 29.6 Å². The average Bonchev–Trinajstić information content (AvgIpc) is 2.62. The van der Waals surface area contributed by atoms with Gasteiger partial charge in [-0.1, -0.05) is 6.07 Å². The number of sulfonamides is 1. The van der Waals surface area contributed by atoms with Gasteiger partial charge >= 0.3 is 0 Å². The van der Waals surface area contributed by atoms with Crippen LogP contribution >= 0.6 is 0 Å². The molecule has 0 heterocycles. The minimum atomic E-state index is -3.68. The maximum absolute atomic E-state index is 12.7. The Morgan fingerprint density at radius 2 is 1.81 bits per heavy atom. The third-order valence-corrected chi connectivity index (χ3v) is 5.07. The summed E-state index contributed by atoms with van der Waals surface area (Å²) in [6.45, 7) is 3.91. The maximum atomic E-state index is 12.7. The highest BCUT2D eigenvalue weighted by Gasteiger charge is 2.29. The number of rotatable bonds is 8. The van der Waals surface area contributed by atoms with Crippen molar-refractivity contribution in [3.05, 3.63) is 48.5 Å². The summed E-state index contributed by atoms with van der Waals surface area (Å²) in [5.41, 5.74) is 0.907. The number of hydrogen-bond donors (Lipinski definition) is 1. The molecule has 1 amide bonds. The van der Waals surface area contributed by atoms with E-state index in [1.54, 1.807) is 48.5 Å². The van der Waals surface area contributed by atoms with E-state index in [0.29, 0.717) is 29.5 Å². The van der Waals surface area contributed by atoms with Crippen LogP contribution < -0.4 is 19.1 Å². The third-order valence-electron chi connectivity index (χ3n) is 3.83. The number of amides is 1. The third kappa shape index (κ3) is 5.37. The average molecular weight is 392 g/mol. The number of hydrogen-bond acceptors (Lipinski definition) is 5. The molecule has 0 aromatic heterocycles. The molecule has 8 heteroatoms. The first-order valence-corrected chi connectivity index (χ1v) is 10.3. The second kappa shape index (κ2) is 8.77. The molecule has 7 nitrogen and oxygen atoms in total. The van der Waals surface area contributed by atoms with Crippen LogP contribution in [0.25, 0.3) is 0 Å². The molecule has 2 rings (SSSR count). The van der Waals surface area contributed by atoms with Gasteiger partial charge in [0.05, 0.1) is 25.7 Å². The van der Waals surface area contributed by atoms with Crippen LogP contribution in [0.1, 0.15) is 13.8 Å². The van der Waals surface area contributed by atoms with Gasteiger partial charge in [-0.05, 0) is 50.2 Å². The van der Waals surface area contributed by atoms with E-state index in [1.165, 1.54) is 14.0 Å². The van der Waals surface area contributed by atoms with Crippen LogP contribution in [0.5, 0.6) is 11.5 Å². The zero-order valence-corrected chi connectivity index (χ0v) is 16.6. The fraction of sp³-hybridized carbons (Fsp3) is 0.316. The molecule has 0 saturated heterocycles. The molecular weight excluding hydrogens is 368 g/mol. The second-order valence-electron chi connectivity index (χ2n) is 5.88. The zero-order valence-electron chi connectivity index (χ0n) is 15.8. The largest absolute Gasteiger partial charge is 0.497 e. The Balaban J connectivity index is 2.25. The number of anilines is 2. The van der Waals surface area contributed by atoms with Crippen LogP contribution in [0.2, 0.25) is 0 Å². The number of benzene rings is 2. The highest BCUT2D eigenvalue weighted by Crippen LogP contribution is 2.25. The SMILES string of the molecule is CCOc1cccc(NC(=O)[C@H](C)N(c2ccc(OC)cc2)S(C)(=O)=O)c1. The molecule has 0 aliphatic heterocycles. The van der Waals surface area contributed by atoms with Gasteiger partial charge in [-0.25, -0.2) is 8.42 Å². The number of nitrogens with one attached hydrogen (secondary N) is 1. The number of nitrogens with zero attached hydrogens (tertiary/aromatic N) is 1. The molecule has 0 radical (unpaired) electrons. The van der Waals surface area contributed by atoms with Crippen LogP contribution in [0.15, 0.2) is 48.5 Å². The van der Waals surface area contributed by atoms with Gasteiger partial charge < -0.3 is 14.8 Å². The number of carbonyl (C=O) groups excluding carboxylic acids is 1. The predicted octanol–water partition coefficient (Wildman–Crippen LogP) is 2.89. The Morgan fingerprint density at radius 3 is 2.37 bits per heavy atom. The highest BCUT2D eigenvalue weighted by atomic mass is 32.2. The summed E-state index contributed by atoms with van der Waals surface area (Å²) in [7, 11) is -2.16. The molecule has 27 heavy (non-hydrogen) atoms. The predicted molar refractivity (Wildman–Crippen MR) is 106 cm³/mol. The van der Waals surface area contributed by atoms with Gasteiger partial charge in [0, 0.05) is 11.8 Å². The molecule has 146 valence electrons. The second-order valence-corrected chi connectivity index (χ2v) is 7.74. The van der Waals surface area contributed by atoms with E-state index in [1.807, 2.05) is 6.92 Å². The van der Waals surface area contributed by atoms with Gasteiger partial charge in [0.2, 0.25) is 15.9 Å². The van der Waals surface area contributed by atoms with Crippen molar-refractivity contribution in [1.29, 1.82) is 0 Å². The first-order valence-electron chi connectivity index (χ1n) is 8.43. The molecule has 0 bridgehead atoms. The summed E-state index contributed by atoms with van der Waals surface area (Å²) < 4.78 is 36.2. The van der Waals surface area contributed by atoms with Gasteiger partial charge in [0.15, 0.2) is 0 Å². The summed E-state index contributed by atoms with van der Waals surface area (Å²) >= 11 is 0. The van der Waals surface area contributed by atoms with E-state index < -0.39 is 22.0 Å². The monoisotopic (exact) mass is 392 g/mol. The van der Waals surface area contributed by atoms with Gasteiger partial charge in [-0.2, -0.15) is 0 Å². The minimum Gasteiger partial charge on any atom is -0.497 e. The van der Waals surface area contributed by atoms with Crippen molar-refractivity contribution in [1.82, 2.24) is 0 Å². The lowest BCUT2D eigenvalue weighted by atomic mass is 10.2. The van der Waals surface area contributed by atoms with Gasteiger partial charge in [-0.3, -0.25) is 9.10 Å². The summed E-state index contributed by atoms with van der Waals surface area (Å²) in [6, 6.07) is 12.5. The Morgan fingerprint density at radius 1 is 1.15 bits per heavy atom. The summed E-state index contributed by atoms with van der Waals surface area (Å²) in [6.07, 6.45) is 1.07. The van der Waals surface area contributed by atoms with Crippen molar-refractivity contribution in [3.8, 4) is 11.5 Å². The van der Waals surface area contributed by atoms with Crippen LogP contribution in [-0.4, -0.2) is 40.3 Å². The molecule has 0 aliphatic carbocycles. The number of methoxy groups -OCH3 is 1. The lowest BCUT2D eigenvalue weighted by molar-refractivity contribution is -0.116. The zero-order chi connectivity index (χ0) is 20.0. The molecule has 2 aromatic carbocycles. The van der Waals surface area contributed by atoms with Crippen molar-refractivity contribution >= 4 is 27.3 Å². The van der Waals surface area contributed by atoms with Crippen LogP contribution in [0.4, 0.5) is 11.4 Å². The van der Waals surface area contributed by atoms with Gasteiger partial charge in [0.25, 0.3) is 0 Å². The van der Waals surface area contributed by atoms with Crippen molar-refractivity contribution in [2.45, 2.75) is 19.9 Å². The Bertz CT molecular complexity index is 881. The lowest BCUT2D eigenvalue weighted by Gasteiger charge is -2.28. The molecule has 0 spiro atoms. The Kier molecular flexibility index (Phi) is 6.68. The molecular formula is C19H24N2O5S. The van der Waals surface area contributed by atoms with E-state index in [4.69, 9.17) is 9.47 Å². The standard InChI is InChI=1S/C19H24N2O5S/c1-5-26-18-8-6-7-15(13-18)20-19(22)14(2)21(27(4,23)24)16-9-11-17(25-3)12-10-16/h6-14H,5H2,1-4H3,(H,20,22)/t14-/m0/s1. The first-order chi connectivity index (χ1) is 12.8. The summed E-state index contributed by atoms with van der Waals surface area (Å²) in [5.74, 6) is 0.764. The highest BCUT2D eigenvalue weighted by molar-refractivity contribution is 7.92. The molecule has 1 N–H and O–H groups in total. The maximum Gasteiger partial charge on any atom is 0.247 e. The topological polar surface area (TPSA) is 84.9 Å². The summed E-state index contributed by atoms with van der Waals surface area (Å²) in [4.78, 5) is 12.7. The molecule has 0 unspecified atom stereocenters. The minimum absolute atomic E-state index is 0.379. The van der Waals surface area contributed by atoms with Crippen LogP contribution in [0, 0.1) is 0 Å². The van der Waals surface area contributed by atoms with Gasteiger partial charge in [0.1, 0.15) is 17.5 Å². The first kappa shape index (κ1) is 20.6. The van der Waals surface area contributed by atoms with Crippen molar-refractivity contribution in [3.63, 3.8) is 0 Å². The van der Waals surface area contributed by atoms with Gasteiger partial charge in [-0.15, -0.1) is 0 Å². The molecule has 0 saturated carbocycles. The molecule has 1 atom stereocenters. The van der Waals surface area contributed by atoms with E-state index in [0.717, 1.165) is 10.6 Å². The fourth-order valence-electron chi connectivity index (χ4n) is 2.61. The van der Waals surface area contributed by atoms with Crippen molar-refractivity contribution < 1.29 is 22.7 Å². The normalized spacial score (nSPS) is 12.1.